The predicted octanol–water partition coefficient (Wildman–Crippen LogP) is 8.86. The Morgan fingerprint density at radius 2 is 0.766 bits per heavy atom. The maximum atomic E-state index is 13.9. The second-order valence-electron chi connectivity index (χ2n) is 14.6. The normalized spacial score (nSPS) is 11.8. The van der Waals surface area contributed by atoms with E-state index in [9.17, 15) is 19.2 Å². The van der Waals surface area contributed by atoms with Gasteiger partial charge in [0.2, 0.25) is 0 Å². The molecule has 0 heterocycles. The van der Waals surface area contributed by atoms with Gasteiger partial charge in [-0.05, 0) is 84.3 Å². The van der Waals surface area contributed by atoms with Gasteiger partial charge >= 0.3 is 23.9 Å². The van der Waals surface area contributed by atoms with Crippen molar-refractivity contribution in [3.05, 3.63) is 118 Å². The number of carbonyl (C=O) groups is 4. The molecule has 0 saturated carbocycles. The van der Waals surface area contributed by atoms with E-state index in [0.29, 0.717) is 55.3 Å². The Bertz CT molecular complexity index is 2520. The first kappa shape index (κ1) is 46.0. The van der Waals surface area contributed by atoms with Crippen molar-refractivity contribution in [1.29, 1.82) is 0 Å². The molecular weight excluding hydrogens is 825 g/mol. The van der Waals surface area contributed by atoms with Crippen LogP contribution in [0.5, 0.6) is 34.5 Å². The molecule has 0 unspecified atom stereocenters. The van der Waals surface area contributed by atoms with E-state index >= 15 is 0 Å². The maximum Gasteiger partial charge on any atom is 0.345 e. The minimum atomic E-state index is -0.789. The van der Waals surface area contributed by atoms with Crippen LogP contribution in [0.4, 0.5) is 0 Å². The number of hydrogen-bond acceptors (Lipinski definition) is 14. The molecule has 0 radical (unpaired) electrons. The van der Waals surface area contributed by atoms with Crippen LogP contribution in [0.2, 0.25) is 0 Å². The smallest absolute Gasteiger partial charge is 0.345 e. The molecule has 0 amide bonds. The van der Waals surface area contributed by atoms with E-state index in [2.05, 4.69) is 0 Å². The average molecular weight is 875 g/mol. The summed E-state index contributed by atoms with van der Waals surface area (Å²) in [6, 6.07) is 24.4. The molecule has 6 aromatic rings. The van der Waals surface area contributed by atoms with Gasteiger partial charge in [0.05, 0.1) is 68.0 Å². The van der Waals surface area contributed by atoms with Crippen LogP contribution in [0.15, 0.2) is 84.9 Å². The van der Waals surface area contributed by atoms with E-state index in [4.69, 9.17) is 47.4 Å². The fraction of sp³-hybridized carbons (Fsp3) is 0.280. The fourth-order valence-corrected chi connectivity index (χ4v) is 7.96. The van der Waals surface area contributed by atoms with Crippen LogP contribution in [-0.2, 0) is 31.8 Å². The minimum absolute atomic E-state index is 0.0129. The Morgan fingerprint density at radius 1 is 0.422 bits per heavy atom. The summed E-state index contributed by atoms with van der Waals surface area (Å²) < 4.78 is 58.5. The zero-order chi connectivity index (χ0) is 46.2. The first-order chi connectivity index (χ1) is 30.9. The van der Waals surface area contributed by atoms with E-state index in [-0.39, 0.29) is 58.1 Å². The zero-order valence-electron chi connectivity index (χ0n) is 37.4. The van der Waals surface area contributed by atoms with E-state index in [1.807, 2.05) is 24.3 Å². The van der Waals surface area contributed by atoms with E-state index < -0.39 is 36.1 Å². The Hall–Kier alpha value is -7.48. The molecule has 0 N–H and O–H groups in total. The summed E-state index contributed by atoms with van der Waals surface area (Å²) in [4.78, 5) is 54.1. The maximum absolute atomic E-state index is 13.9. The van der Waals surface area contributed by atoms with Crippen LogP contribution in [-0.4, -0.2) is 93.0 Å². The summed E-state index contributed by atoms with van der Waals surface area (Å²) in [6.07, 6.45) is -0.906. The largest absolute Gasteiger partial charge is 0.496 e. The molecule has 14 heteroatoms. The van der Waals surface area contributed by atoms with Crippen molar-refractivity contribution < 1.29 is 66.5 Å². The molecule has 6 aromatic carbocycles. The lowest BCUT2D eigenvalue weighted by Gasteiger charge is -2.26. The van der Waals surface area contributed by atoms with Gasteiger partial charge in [0.25, 0.3) is 0 Å². The second kappa shape index (κ2) is 20.1. The number of carbonyl (C=O) groups excluding carboxylic acids is 4. The molecule has 0 aromatic heterocycles. The van der Waals surface area contributed by atoms with Gasteiger partial charge in [-0.3, -0.25) is 0 Å². The van der Waals surface area contributed by atoms with Gasteiger partial charge in [-0.1, -0.05) is 36.4 Å². The van der Waals surface area contributed by atoms with Crippen LogP contribution in [0.25, 0.3) is 32.7 Å². The lowest BCUT2D eigenvalue weighted by molar-refractivity contribution is 0.0331. The molecule has 2 atom stereocenters. The van der Waals surface area contributed by atoms with Crippen molar-refractivity contribution in [2.45, 2.75) is 38.9 Å². The van der Waals surface area contributed by atoms with Gasteiger partial charge in [-0.2, -0.15) is 0 Å². The summed E-state index contributed by atoms with van der Waals surface area (Å²) in [5, 5.41) is 1.71. The molecule has 0 saturated heterocycles. The van der Waals surface area contributed by atoms with Crippen LogP contribution in [0.3, 0.4) is 0 Å². The molecular formula is C50H50O14. The summed E-state index contributed by atoms with van der Waals surface area (Å²) >= 11 is 0. The highest BCUT2D eigenvalue weighted by atomic mass is 16.6. The third-order valence-corrected chi connectivity index (χ3v) is 10.7. The number of hydrogen-bond donors (Lipinski definition) is 0. The molecule has 334 valence electrons. The van der Waals surface area contributed by atoms with Crippen LogP contribution >= 0.6 is 0 Å². The first-order valence-corrected chi connectivity index (χ1v) is 20.2. The molecule has 0 aliphatic carbocycles. The molecule has 14 nitrogen and oxygen atoms in total. The van der Waals surface area contributed by atoms with Crippen molar-refractivity contribution >= 4 is 45.4 Å². The van der Waals surface area contributed by atoms with Gasteiger partial charge in [-0.15, -0.1) is 0 Å². The van der Waals surface area contributed by atoms with Crippen molar-refractivity contribution in [3.8, 4) is 45.6 Å². The lowest BCUT2D eigenvalue weighted by Crippen LogP contribution is -2.18. The molecule has 64 heavy (non-hydrogen) atoms. The summed E-state index contributed by atoms with van der Waals surface area (Å²) in [5.74, 6) is -1.54. The Morgan fingerprint density at radius 3 is 1.06 bits per heavy atom. The average Bonchev–Trinajstić information content (AvgIpc) is 3.31. The zero-order valence-corrected chi connectivity index (χ0v) is 37.4. The Balaban J connectivity index is 1.71. The second-order valence-corrected chi connectivity index (χ2v) is 14.6. The third kappa shape index (κ3) is 8.89. The molecule has 0 aliphatic rings. The van der Waals surface area contributed by atoms with Crippen LogP contribution in [0.1, 0.15) is 66.4 Å². The molecule has 0 aliphatic heterocycles. The van der Waals surface area contributed by atoms with Gasteiger partial charge < -0.3 is 47.4 Å². The highest BCUT2D eigenvalue weighted by molar-refractivity contribution is 6.20. The highest BCUT2D eigenvalue weighted by Crippen LogP contribution is 2.55. The number of esters is 4. The standard InChI is InChI=1S/C50H50O14/c1-27(63-47(51)29-17-13-11-14-18-29)21-31-23-33-35(25-37(31)55-3)43(57-5)41(49(53)61-9)45(59-7)39(33)40-34-24-32(22-28(2)64-48(52)30-19-15-12-16-20-30)38(56-4)26-36(34)44(58-6)42(46(40)60-8)50(54)62-10/h11-20,23-28H,21-22H2,1-10H3/t27-,28-/m1/s1. The van der Waals surface area contributed by atoms with Crippen molar-refractivity contribution in [2.75, 3.05) is 56.9 Å². The number of fused-ring (bicyclic) bond motifs is 2. The van der Waals surface area contributed by atoms with Gasteiger partial charge in [0.15, 0.2) is 0 Å². The SMILES string of the molecule is COC(=O)c1c(OC)c(-c2c(OC)c(C(=O)OC)c(OC)c3cc(OC)c(C[C@@H](C)OC(=O)c4ccccc4)cc23)c2cc(C[C@@H](C)OC(=O)c3ccccc3)c(OC)cc2c1OC. The van der Waals surface area contributed by atoms with Gasteiger partial charge in [-0.25, -0.2) is 19.2 Å². The Labute approximate surface area is 370 Å². The number of benzene rings is 6. The highest BCUT2D eigenvalue weighted by Gasteiger charge is 2.35. The summed E-state index contributed by atoms with van der Waals surface area (Å²) in [5.41, 5.74) is 2.43. The Kier molecular flexibility index (Phi) is 14.5. The molecule has 0 fully saturated rings. The first-order valence-electron chi connectivity index (χ1n) is 20.2. The van der Waals surface area contributed by atoms with Crippen molar-refractivity contribution in [2.24, 2.45) is 0 Å². The molecule has 6 rings (SSSR count). The summed E-state index contributed by atoms with van der Waals surface area (Å²) in [7, 11) is 11.1. The number of methoxy groups -OCH3 is 8. The molecule has 0 bridgehead atoms. The van der Waals surface area contributed by atoms with Crippen molar-refractivity contribution in [3.63, 3.8) is 0 Å². The lowest BCUT2D eigenvalue weighted by atomic mass is 9.85. The van der Waals surface area contributed by atoms with E-state index in [0.717, 1.165) is 0 Å². The van der Waals surface area contributed by atoms with E-state index in [1.54, 1.807) is 74.5 Å². The van der Waals surface area contributed by atoms with Crippen molar-refractivity contribution in [1.82, 2.24) is 0 Å². The van der Waals surface area contributed by atoms with Crippen LogP contribution in [0, 0.1) is 0 Å². The number of ether oxygens (including phenoxy) is 10. The van der Waals surface area contributed by atoms with E-state index in [1.165, 1.54) is 56.9 Å². The topological polar surface area (TPSA) is 161 Å². The van der Waals surface area contributed by atoms with Gasteiger partial charge in [0.1, 0.15) is 57.8 Å². The third-order valence-electron chi connectivity index (χ3n) is 10.7. The minimum Gasteiger partial charge on any atom is -0.496 e. The van der Waals surface area contributed by atoms with Crippen LogP contribution < -0.4 is 28.4 Å². The monoisotopic (exact) mass is 874 g/mol. The quantitative estimate of drug-likeness (QED) is 0.0631. The number of rotatable bonds is 17. The summed E-state index contributed by atoms with van der Waals surface area (Å²) in [6.45, 7) is 3.53. The van der Waals surface area contributed by atoms with Gasteiger partial charge in [0, 0.05) is 34.7 Å². The predicted molar refractivity (Wildman–Crippen MR) is 239 cm³/mol. The fourth-order valence-electron chi connectivity index (χ4n) is 7.96. The molecule has 0 spiro atoms.